The molecule has 0 N–H and O–H groups in total. The van der Waals surface area contributed by atoms with Crippen LogP contribution in [0.1, 0.15) is 1.37 Å². The van der Waals surface area contributed by atoms with Gasteiger partial charge in [-0.2, -0.15) is 0 Å². The van der Waals surface area contributed by atoms with Crippen molar-refractivity contribution in [1.29, 1.82) is 0 Å². The molecule has 0 aliphatic carbocycles. The second kappa shape index (κ2) is 2.91. The highest BCUT2D eigenvalue weighted by Gasteiger charge is 1.92. The van der Waals surface area contributed by atoms with Crippen LogP contribution in [0.15, 0.2) is 22.6 Å². The van der Waals surface area contributed by atoms with Gasteiger partial charge in [0.2, 0.25) is 0 Å². The van der Waals surface area contributed by atoms with Crippen LogP contribution in [0.25, 0.3) is 0 Å². The maximum Gasteiger partial charge on any atom is 0.0650 e. The molecule has 0 radical (unpaired) electrons. The fourth-order valence-electron chi connectivity index (χ4n) is 0.470. The van der Waals surface area contributed by atoms with E-state index in [1.54, 1.807) is 6.07 Å². The van der Waals surface area contributed by atoms with E-state index < -0.39 is 0 Å². The van der Waals surface area contributed by atoms with Crippen molar-refractivity contribution in [2.45, 2.75) is 0 Å². The van der Waals surface area contributed by atoms with E-state index in [1.165, 1.54) is 6.07 Å². The van der Waals surface area contributed by atoms with Crippen molar-refractivity contribution in [2.24, 2.45) is 0 Å². The highest BCUT2D eigenvalue weighted by Crippen LogP contribution is 2.22. The lowest BCUT2D eigenvalue weighted by atomic mass is 10.4. The minimum atomic E-state index is 0.270. The Morgan fingerprint density at radius 1 is 1.33 bits per heavy atom. The van der Waals surface area contributed by atoms with E-state index in [0.717, 1.165) is 0 Å². The number of halogens is 3. The van der Waals surface area contributed by atoms with Crippen LogP contribution in [0.2, 0.25) is 10.0 Å². The van der Waals surface area contributed by atoms with Gasteiger partial charge >= 0.3 is 0 Å². The third-order valence-corrected chi connectivity index (χ3v) is 1.62. The van der Waals surface area contributed by atoms with Crippen molar-refractivity contribution in [3.05, 3.63) is 32.7 Å². The van der Waals surface area contributed by atoms with Crippen LogP contribution >= 0.6 is 39.1 Å². The highest BCUT2D eigenvalue weighted by molar-refractivity contribution is 9.10. The van der Waals surface area contributed by atoms with Gasteiger partial charge in [-0.15, -0.1) is 0 Å². The van der Waals surface area contributed by atoms with E-state index in [4.69, 9.17) is 24.6 Å². The van der Waals surface area contributed by atoms with E-state index in [1.807, 2.05) is 0 Å². The highest BCUT2D eigenvalue weighted by atomic mass is 79.9. The van der Waals surface area contributed by atoms with Crippen molar-refractivity contribution in [1.82, 2.24) is 0 Å². The van der Waals surface area contributed by atoms with Crippen molar-refractivity contribution < 1.29 is 1.37 Å². The summed E-state index contributed by atoms with van der Waals surface area (Å²) in [6.45, 7) is 0. The zero-order chi connectivity index (χ0) is 7.72. The minimum absolute atomic E-state index is 0.270. The average Bonchev–Trinajstić information content (AvgIpc) is 1.82. The first-order valence-electron chi connectivity index (χ1n) is 2.72. The standard InChI is InChI=1S/C6H3BrCl2/c7-4-1-5(8)3-6(9)2-4/h1-3H/i1D. The SMILES string of the molecule is [2H]c1c(Cl)cc(Cl)cc1Br. The van der Waals surface area contributed by atoms with Gasteiger partial charge in [0.1, 0.15) is 0 Å². The van der Waals surface area contributed by atoms with Crippen molar-refractivity contribution in [2.75, 3.05) is 0 Å². The Hall–Kier alpha value is 0.280. The summed E-state index contributed by atoms with van der Waals surface area (Å²) >= 11 is 14.4. The molecule has 1 aromatic rings. The van der Waals surface area contributed by atoms with Crippen LogP contribution in [-0.4, -0.2) is 0 Å². The number of hydrogen-bond donors (Lipinski definition) is 0. The smallest absolute Gasteiger partial charge is 0.0650 e. The summed E-state index contributed by atoms with van der Waals surface area (Å²) in [6.07, 6.45) is 0. The first-order chi connectivity index (χ1) is 4.61. The summed E-state index contributed by atoms with van der Waals surface area (Å²) in [6, 6.07) is 3.44. The second-order valence-corrected chi connectivity index (χ2v) is 3.19. The van der Waals surface area contributed by atoms with Crippen LogP contribution in [0.5, 0.6) is 0 Å². The largest absolute Gasteiger partial charge is 0.0842 e. The summed E-state index contributed by atoms with van der Waals surface area (Å²) in [5.74, 6) is 0. The zero-order valence-electron chi connectivity index (χ0n) is 5.29. The molecule has 0 amide bonds. The Labute approximate surface area is 73.3 Å². The van der Waals surface area contributed by atoms with Crippen molar-refractivity contribution in [3.8, 4) is 0 Å². The molecule has 0 saturated heterocycles. The van der Waals surface area contributed by atoms with Crippen LogP contribution in [0.4, 0.5) is 0 Å². The number of rotatable bonds is 0. The third-order valence-electron chi connectivity index (χ3n) is 0.768. The Kier molecular flexibility index (Phi) is 1.95. The van der Waals surface area contributed by atoms with Crippen LogP contribution in [-0.2, 0) is 0 Å². The van der Waals surface area contributed by atoms with Crippen molar-refractivity contribution in [3.63, 3.8) is 0 Å². The van der Waals surface area contributed by atoms with Gasteiger partial charge in [0.25, 0.3) is 0 Å². The molecule has 3 heteroatoms. The molecule has 9 heavy (non-hydrogen) atoms. The summed E-state index contributed by atoms with van der Waals surface area (Å²) in [7, 11) is 0. The lowest BCUT2D eigenvalue weighted by Crippen LogP contribution is -1.66. The molecular formula is C6H3BrCl2. The lowest BCUT2D eigenvalue weighted by molar-refractivity contribution is 1.65. The molecule has 0 fully saturated rings. The Morgan fingerprint density at radius 3 is 2.56 bits per heavy atom. The molecule has 0 nitrogen and oxygen atoms in total. The normalized spacial score (nSPS) is 11.2. The maximum atomic E-state index is 7.30. The summed E-state index contributed by atoms with van der Waals surface area (Å²) < 4.78 is 7.92. The molecule has 0 spiro atoms. The lowest BCUT2D eigenvalue weighted by Gasteiger charge is -1.92. The molecule has 1 rings (SSSR count). The summed E-state index contributed by atoms with van der Waals surface area (Å²) in [5, 5.41) is 0.896. The van der Waals surface area contributed by atoms with Crippen LogP contribution in [0, 0.1) is 0 Å². The molecule has 0 aliphatic heterocycles. The van der Waals surface area contributed by atoms with E-state index in [2.05, 4.69) is 15.9 Å². The van der Waals surface area contributed by atoms with Gasteiger partial charge in [0.05, 0.1) is 1.37 Å². The van der Waals surface area contributed by atoms with Crippen LogP contribution < -0.4 is 0 Å². The van der Waals surface area contributed by atoms with Gasteiger partial charge in [0.15, 0.2) is 0 Å². The summed E-state index contributed by atoms with van der Waals surface area (Å²) in [4.78, 5) is 0. The summed E-state index contributed by atoms with van der Waals surface area (Å²) in [5.41, 5.74) is 0. The molecule has 1 aromatic carbocycles. The van der Waals surface area contributed by atoms with Gasteiger partial charge in [-0.25, -0.2) is 0 Å². The van der Waals surface area contributed by atoms with Crippen molar-refractivity contribution >= 4 is 39.1 Å². The topological polar surface area (TPSA) is 0 Å². The fourth-order valence-corrected chi connectivity index (χ4v) is 1.67. The molecule has 0 aliphatic rings. The Balaban J connectivity index is 3.31. The maximum absolute atomic E-state index is 7.30. The molecule has 0 atom stereocenters. The number of hydrogen-bond acceptors (Lipinski definition) is 0. The van der Waals surface area contributed by atoms with Gasteiger partial charge in [0, 0.05) is 14.5 Å². The van der Waals surface area contributed by atoms with Gasteiger partial charge in [-0.1, -0.05) is 39.1 Å². The van der Waals surface area contributed by atoms with E-state index in [0.29, 0.717) is 14.5 Å². The zero-order valence-corrected chi connectivity index (χ0v) is 7.39. The van der Waals surface area contributed by atoms with E-state index >= 15 is 0 Å². The van der Waals surface area contributed by atoms with E-state index in [-0.39, 0.29) is 6.04 Å². The Morgan fingerprint density at radius 2 is 2.00 bits per heavy atom. The van der Waals surface area contributed by atoms with Crippen LogP contribution in [0.3, 0.4) is 0 Å². The molecule has 0 heterocycles. The molecule has 48 valence electrons. The third kappa shape index (κ3) is 2.17. The average molecular weight is 227 g/mol. The molecule has 0 aromatic heterocycles. The predicted molar refractivity (Wildman–Crippen MR) is 44.2 cm³/mol. The molecule has 0 saturated carbocycles. The first-order valence-corrected chi connectivity index (χ1v) is 3.77. The van der Waals surface area contributed by atoms with Gasteiger partial charge < -0.3 is 0 Å². The monoisotopic (exact) mass is 225 g/mol. The quantitative estimate of drug-likeness (QED) is 0.632. The minimum Gasteiger partial charge on any atom is -0.0842 e. The molecule has 0 unspecified atom stereocenters. The second-order valence-electron chi connectivity index (χ2n) is 1.49. The van der Waals surface area contributed by atoms with E-state index in [9.17, 15) is 0 Å². The number of benzene rings is 1. The first kappa shape index (κ1) is 6.02. The molecule has 0 bridgehead atoms. The predicted octanol–water partition coefficient (Wildman–Crippen LogP) is 3.76. The fraction of sp³-hybridized carbons (Fsp3) is 0. The van der Waals surface area contributed by atoms with Gasteiger partial charge in [-0.05, 0) is 18.2 Å². The van der Waals surface area contributed by atoms with Gasteiger partial charge in [-0.3, -0.25) is 0 Å². The Bertz CT molecular complexity index is 239. The molecular weight excluding hydrogens is 223 g/mol.